The summed E-state index contributed by atoms with van der Waals surface area (Å²) in [5.74, 6) is -0.882. The molecular formula is C67H116O6. The monoisotopic (exact) mass is 1020 g/mol. The SMILES string of the molecule is CC/C=C\C/C=C\C/C=C\C/C=C\C/C=C\CCCCCCCCCCCCCC(=O)OCC(COC(=O)CCCCCCCCC)OC(=O)CCCCCCCCCCC/C=C\C/C=C\CCCCCCC. The van der Waals surface area contributed by atoms with Gasteiger partial charge in [-0.2, -0.15) is 0 Å². The van der Waals surface area contributed by atoms with Gasteiger partial charge in [-0.1, -0.05) is 273 Å². The lowest BCUT2D eigenvalue weighted by molar-refractivity contribution is -0.167. The number of ether oxygens (including phenoxy) is 3. The summed E-state index contributed by atoms with van der Waals surface area (Å²) in [6.45, 7) is 6.49. The van der Waals surface area contributed by atoms with Crippen molar-refractivity contribution in [1.82, 2.24) is 0 Å². The Hall–Kier alpha value is -3.41. The maximum absolute atomic E-state index is 12.8. The lowest BCUT2D eigenvalue weighted by atomic mass is 10.0. The number of carbonyl (C=O) groups is 3. The van der Waals surface area contributed by atoms with E-state index in [2.05, 4.69) is 106 Å². The van der Waals surface area contributed by atoms with E-state index < -0.39 is 6.10 Å². The minimum atomic E-state index is -0.777. The number of hydrogen-bond donors (Lipinski definition) is 0. The Labute approximate surface area is 452 Å². The van der Waals surface area contributed by atoms with Gasteiger partial charge in [0.2, 0.25) is 0 Å². The zero-order chi connectivity index (χ0) is 52.9. The van der Waals surface area contributed by atoms with Gasteiger partial charge in [-0.25, -0.2) is 0 Å². The Bertz CT molecular complexity index is 1400. The predicted molar refractivity (Wildman–Crippen MR) is 316 cm³/mol. The van der Waals surface area contributed by atoms with Crippen LogP contribution in [0.3, 0.4) is 0 Å². The number of carbonyl (C=O) groups excluding carboxylic acids is 3. The summed E-state index contributed by atoms with van der Waals surface area (Å²) in [6.07, 6.45) is 80.3. The third kappa shape index (κ3) is 59.3. The molecule has 0 aromatic rings. The average molecular weight is 1020 g/mol. The van der Waals surface area contributed by atoms with Crippen LogP contribution in [0, 0.1) is 0 Å². The molecule has 0 rings (SSSR count). The third-order valence-electron chi connectivity index (χ3n) is 13.4. The Kier molecular flexibility index (Phi) is 58.3. The van der Waals surface area contributed by atoms with Crippen molar-refractivity contribution in [3.05, 3.63) is 85.1 Å². The number of hydrogen-bond acceptors (Lipinski definition) is 6. The van der Waals surface area contributed by atoms with E-state index in [4.69, 9.17) is 14.2 Å². The molecule has 0 bridgehead atoms. The van der Waals surface area contributed by atoms with Gasteiger partial charge in [-0.05, 0) is 96.3 Å². The van der Waals surface area contributed by atoms with Gasteiger partial charge in [0, 0.05) is 19.3 Å². The highest BCUT2D eigenvalue weighted by Gasteiger charge is 2.19. The summed E-state index contributed by atoms with van der Waals surface area (Å²) in [6, 6.07) is 0. The van der Waals surface area contributed by atoms with Gasteiger partial charge in [-0.3, -0.25) is 14.4 Å². The van der Waals surface area contributed by atoms with Crippen LogP contribution in [0.4, 0.5) is 0 Å². The van der Waals surface area contributed by atoms with E-state index in [1.165, 1.54) is 167 Å². The average Bonchev–Trinajstić information content (AvgIpc) is 3.39. The van der Waals surface area contributed by atoms with E-state index in [0.29, 0.717) is 19.3 Å². The molecule has 0 aliphatic rings. The van der Waals surface area contributed by atoms with Gasteiger partial charge in [0.15, 0.2) is 6.10 Å². The summed E-state index contributed by atoms with van der Waals surface area (Å²) in [4.78, 5) is 38.1. The van der Waals surface area contributed by atoms with Crippen molar-refractivity contribution in [2.24, 2.45) is 0 Å². The second-order valence-corrected chi connectivity index (χ2v) is 20.6. The van der Waals surface area contributed by atoms with Crippen LogP contribution in [-0.4, -0.2) is 37.2 Å². The Morgan fingerprint density at radius 2 is 0.534 bits per heavy atom. The first-order valence-electron chi connectivity index (χ1n) is 31.1. The molecule has 0 N–H and O–H groups in total. The molecule has 0 radical (unpaired) electrons. The highest BCUT2D eigenvalue weighted by atomic mass is 16.6. The fourth-order valence-electron chi connectivity index (χ4n) is 8.74. The quantitative estimate of drug-likeness (QED) is 0.0261. The Balaban J connectivity index is 4.15. The third-order valence-corrected chi connectivity index (χ3v) is 13.4. The largest absolute Gasteiger partial charge is 0.462 e. The highest BCUT2D eigenvalue weighted by Crippen LogP contribution is 2.16. The summed E-state index contributed by atoms with van der Waals surface area (Å²) < 4.78 is 16.8. The van der Waals surface area contributed by atoms with Crippen LogP contribution in [0.2, 0.25) is 0 Å². The van der Waals surface area contributed by atoms with Crippen molar-refractivity contribution >= 4 is 17.9 Å². The van der Waals surface area contributed by atoms with Gasteiger partial charge in [0.25, 0.3) is 0 Å². The van der Waals surface area contributed by atoms with E-state index in [-0.39, 0.29) is 31.1 Å². The molecule has 6 heteroatoms. The molecule has 0 spiro atoms. The summed E-state index contributed by atoms with van der Waals surface area (Å²) >= 11 is 0. The van der Waals surface area contributed by atoms with Crippen molar-refractivity contribution < 1.29 is 28.6 Å². The number of unbranched alkanes of at least 4 members (excludes halogenated alkanes) is 31. The first-order chi connectivity index (χ1) is 36.0. The van der Waals surface area contributed by atoms with Crippen molar-refractivity contribution in [2.45, 2.75) is 309 Å². The molecule has 420 valence electrons. The van der Waals surface area contributed by atoms with Gasteiger partial charge >= 0.3 is 17.9 Å². The van der Waals surface area contributed by atoms with Crippen LogP contribution >= 0.6 is 0 Å². The van der Waals surface area contributed by atoms with E-state index in [1.54, 1.807) is 0 Å². The maximum Gasteiger partial charge on any atom is 0.306 e. The second-order valence-electron chi connectivity index (χ2n) is 20.6. The molecule has 1 atom stereocenters. The molecule has 6 nitrogen and oxygen atoms in total. The van der Waals surface area contributed by atoms with Gasteiger partial charge in [0.1, 0.15) is 13.2 Å². The van der Waals surface area contributed by atoms with Gasteiger partial charge in [-0.15, -0.1) is 0 Å². The topological polar surface area (TPSA) is 78.9 Å². The zero-order valence-corrected chi connectivity index (χ0v) is 48.1. The van der Waals surface area contributed by atoms with Gasteiger partial charge in [0.05, 0.1) is 0 Å². The Morgan fingerprint density at radius 3 is 0.836 bits per heavy atom. The first-order valence-corrected chi connectivity index (χ1v) is 31.1. The van der Waals surface area contributed by atoms with Crippen molar-refractivity contribution in [1.29, 1.82) is 0 Å². The summed E-state index contributed by atoms with van der Waals surface area (Å²) in [5.41, 5.74) is 0. The molecule has 0 aromatic carbocycles. The second kappa shape index (κ2) is 61.1. The molecule has 0 amide bonds. The molecule has 0 aliphatic carbocycles. The Morgan fingerprint density at radius 1 is 0.288 bits per heavy atom. The standard InChI is InChI=1S/C67H116O6/c1-4-7-10-13-16-18-20-22-24-26-28-30-31-32-33-34-35-37-38-40-42-44-46-48-51-54-57-60-66(69)72-63-64(62-71-65(68)59-56-53-50-15-12-9-6-3)73-67(70)61-58-55-52-49-47-45-43-41-39-36-29-27-25-23-21-19-17-14-11-8-5-2/h7,10,16,18,21-24,27-30,32-33,64H,4-6,8-9,11-15,17,19-20,25-26,31,34-63H2,1-3H3/b10-7-,18-16-,23-21-,24-22-,29-27-,30-28-,33-32-. The van der Waals surface area contributed by atoms with Gasteiger partial charge < -0.3 is 14.2 Å². The van der Waals surface area contributed by atoms with E-state index >= 15 is 0 Å². The molecule has 0 saturated carbocycles. The molecular weight excluding hydrogens is 901 g/mol. The van der Waals surface area contributed by atoms with Crippen molar-refractivity contribution in [3.63, 3.8) is 0 Å². The van der Waals surface area contributed by atoms with Crippen LogP contribution in [0.1, 0.15) is 303 Å². The number of allylic oxidation sites excluding steroid dienone is 14. The molecule has 0 heterocycles. The van der Waals surface area contributed by atoms with Crippen LogP contribution in [0.5, 0.6) is 0 Å². The molecule has 0 aliphatic heterocycles. The first kappa shape index (κ1) is 69.6. The molecule has 0 aromatic heterocycles. The minimum Gasteiger partial charge on any atom is -0.462 e. The van der Waals surface area contributed by atoms with Crippen LogP contribution in [0.25, 0.3) is 0 Å². The summed E-state index contributed by atoms with van der Waals surface area (Å²) in [7, 11) is 0. The molecule has 0 fully saturated rings. The van der Waals surface area contributed by atoms with Crippen LogP contribution in [0.15, 0.2) is 85.1 Å². The summed E-state index contributed by atoms with van der Waals surface area (Å²) in [5, 5.41) is 0. The highest BCUT2D eigenvalue weighted by molar-refractivity contribution is 5.71. The molecule has 0 saturated heterocycles. The zero-order valence-electron chi connectivity index (χ0n) is 48.1. The minimum absolute atomic E-state index is 0.0770. The van der Waals surface area contributed by atoms with E-state index in [9.17, 15) is 14.4 Å². The van der Waals surface area contributed by atoms with Crippen LogP contribution < -0.4 is 0 Å². The van der Waals surface area contributed by atoms with Crippen molar-refractivity contribution in [3.8, 4) is 0 Å². The fraction of sp³-hybridized carbons (Fsp3) is 0.746. The maximum atomic E-state index is 12.8. The molecule has 1 unspecified atom stereocenters. The predicted octanol–water partition coefficient (Wildman–Crippen LogP) is 21.1. The number of rotatable bonds is 56. The van der Waals surface area contributed by atoms with E-state index in [1.807, 2.05) is 0 Å². The number of esters is 3. The smallest absolute Gasteiger partial charge is 0.306 e. The fourth-order valence-corrected chi connectivity index (χ4v) is 8.74. The van der Waals surface area contributed by atoms with Crippen molar-refractivity contribution in [2.75, 3.05) is 13.2 Å². The lowest BCUT2D eigenvalue weighted by Crippen LogP contribution is -2.30. The lowest BCUT2D eigenvalue weighted by Gasteiger charge is -2.18. The normalized spacial score (nSPS) is 12.6. The molecule has 73 heavy (non-hydrogen) atoms. The van der Waals surface area contributed by atoms with Crippen LogP contribution in [-0.2, 0) is 28.6 Å². The van der Waals surface area contributed by atoms with E-state index in [0.717, 1.165) is 96.3 Å².